The van der Waals surface area contributed by atoms with E-state index in [1.54, 1.807) is 38.5 Å². The lowest BCUT2D eigenvalue weighted by Crippen LogP contribution is -2.14. The molecule has 2 aromatic carbocycles. The fourth-order valence-corrected chi connectivity index (χ4v) is 3.83. The minimum Gasteiger partial charge on any atom is -0.496 e. The number of hydrogen-bond acceptors (Lipinski definition) is 8. The SMILES string of the molecule is COc1cc2c(cc1[C@H]1OCC(=O)[C@@H]1c1cc3c(cc1OC)OCO3)OCO2. The Morgan fingerprint density at radius 1 is 0.786 bits per heavy atom. The van der Waals surface area contributed by atoms with Crippen molar-refractivity contribution in [2.24, 2.45) is 0 Å². The monoisotopic (exact) mass is 386 g/mol. The zero-order chi connectivity index (χ0) is 19.3. The second kappa shape index (κ2) is 6.49. The number of hydrogen-bond donors (Lipinski definition) is 0. The lowest BCUT2D eigenvalue weighted by atomic mass is 9.86. The predicted molar refractivity (Wildman–Crippen MR) is 94.7 cm³/mol. The molecule has 3 aliphatic rings. The van der Waals surface area contributed by atoms with Crippen molar-refractivity contribution in [1.82, 2.24) is 0 Å². The van der Waals surface area contributed by atoms with E-state index in [0.29, 0.717) is 45.6 Å². The summed E-state index contributed by atoms with van der Waals surface area (Å²) in [7, 11) is 3.12. The minimum absolute atomic E-state index is 0.00940. The molecule has 1 saturated heterocycles. The van der Waals surface area contributed by atoms with E-state index in [4.69, 9.17) is 33.2 Å². The molecule has 0 N–H and O–H groups in total. The summed E-state index contributed by atoms with van der Waals surface area (Å²) in [6.07, 6.45) is -0.564. The van der Waals surface area contributed by atoms with Gasteiger partial charge in [-0.2, -0.15) is 0 Å². The minimum atomic E-state index is -0.585. The van der Waals surface area contributed by atoms with Crippen LogP contribution in [0.2, 0.25) is 0 Å². The predicted octanol–water partition coefficient (Wildman–Crippen LogP) is 2.59. The highest BCUT2D eigenvalue weighted by Crippen LogP contribution is 2.51. The number of ether oxygens (including phenoxy) is 7. The first-order valence-electron chi connectivity index (χ1n) is 8.79. The van der Waals surface area contributed by atoms with E-state index in [9.17, 15) is 4.79 Å². The highest BCUT2D eigenvalue weighted by molar-refractivity contribution is 5.90. The van der Waals surface area contributed by atoms with E-state index in [2.05, 4.69) is 0 Å². The largest absolute Gasteiger partial charge is 0.496 e. The van der Waals surface area contributed by atoms with Crippen LogP contribution in [0.1, 0.15) is 23.1 Å². The first-order chi connectivity index (χ1) is 13.7. The van der Waals surface area contributed by atoms with Gasteiger partial charge in [0.1, 0.15) is 24.2 Å². The molecule has 146 valence electrons. The number of fused-ring (bicyclic) bond motifs is 2. The Morgan fingerprint density at radius 2 is 1.29 bits per heavy atom. The number of carbonyl (C=O) groups is 1. The van der Waals surface area contributed by atoms with Crippen molar-refractivity contribution in [2.45, 2.75) is 12.0 Å². The molecule has 0 radical (unpaired) electrons. The van der Waals surface area contributed by atoms with Crippen LogP contribution in [0.3, 0.4) is 0 Å². The van der Waals surface area contributed by atoms with Crippen molar-refractivity contribution in [1.29, 1.82) is 0 Å². The maximum absolute atomic E-state index is 12.8. The maximum Gasteiger partial charge on any atom is 0.231 e. The van der Waals surface area contributed by atoms with Crippen LogP contribution in [-0.2, 0) is 9.53 Å². The van der Waals surface area contributed by atoms with Crippen molar-refractivity contribution in [3.05, 3.63) is 35.4 Å². The molecule has 2 atom stereocenters. The van der Waals surface area contributed by atoms with E-state index >= 15 is 0 Å². The van der Waals surface area contributed by atoms with Gasteiger partial charge in [-0.3, -0.25) is 4.79 Å². The number of rotatable bonds is 4. The second-order valence-corrected chi connectivity index (χ2v) is 6.57. The van der Waals surface area contributed by atoms with Crippen LogP contribution >= 0.6 is 0 Å². The van der Waals surface area contributed by atoms with E-state index in [1.807, 2.05) is 0 Å². The van der Waals surface area contributed by atoms with Crippen LogP contribution in [0, 0.1) is 0 Å². The normalized spacial score (nSPS) is 21.9. The van der Waals surface area contributed by atoms with Crippen LogP contribution in [-0.4, -0.2) is 40.2 Å². The van der Waals surface area contributed by atoms with Gasteiger partial charge in [0.25, 0.3) is 0 Å². The zero-order valence-corrected chi connectivity index (χ0v) is 15.4. The summed E-state index contributed by atoms with van der Waals surface area (Å²) in [5, 5.41) is 0. The Hall–Kier alpha value is -3.13. The smallest absolute Gasteiger partial charge is 0.231 e. The zero-order valence-electron chi connectivity index (χ0n) is 15.4. The highest BCUT2D eigenvalue weighted by Gasteiger charge is 2.42. The van der Waals surface area contributed by atoms with Gasteiger partial charge in [0.2, 0.25) is 13.6 Å². The van der Waals surface area contributed by atoms with Gasteiger partial charge in [0, 0.05) is 23.3 Å². The summed E-state index contributed by atoms with van der Waals surface area (Å²) < 4.78 is 38.8. The topological polar surface area (TPSA) is 81.7 Å². The van der Waals surface area contributed by atoms with Gasteiger partial charge in [-0.25, -0.2) is 0 Å². The summed E-state index contributed by atoms with van der Waals surface area (Å²) in [6, 6.07) is 7.07. The number of methoxy groups -OCH3 is 2. The number of benzene rings is 2. The van der Waals surface area contributed by atoms with E-state index in [-0.39, 0.29) is 26.0 Å². The molecule has 2 aromatic rings. The maximum atomic E-state index is 12.8. The number of Topliss-reactive ketones (excluding diaryl/α,β-unsaturated/α-hetero) is 1. The fourth-order valence-electron chi connectivity index (χ4n) is 3.83. The molecule has 8 nitrogen and oxygen atoms in total. The van der Waals surface area contributed by atoms with Crippen molar-refractivity contribution < 1.29 is 38.0 Å². The lowest BCUT2D eigenvalue weighted by molar-refractivity contribution is -0.118. The Labute approximate surface area is 160 Å². The molecule has 0 amide bonds. The van der Waals surface area contributed by atoms with Crippen molar-refractivity contribution in [2.75, 3.05) is 34.4 Å². The molecule has 8 heteroatoms. The molecule has 0 spiro atoms. The molecule has 0 saturated carbocycles. The van der Waals surface area contributed by atoms with E-state index in [0.717, 1.165) is 0 Å². The number of carbonyl (C=O) groups excluding carboxylic acids is 1. The summed E-state index contributed by atoms with van der Waals surface area (Å²) >= 11 is 0. The Kier molecular flexibility index (Phi) is 3.94. The molecule has 3 aliphatic heterocycles. The lowest BCUT2D eigenvalue weighted by Gasteiger charge is -2.22. The molecule has 28 heavy (non-hydrogen) atoms. The van der Waals surface area contributed by atoms with Gasteiger partial charge in [-0.15, -0.1) is 0 Å². The average Bonchev–Trinajstić information content (AvgIpc) is 3.44. The molecule has 3 heterocycles. The van der Waals surface area contributed by atoms with Gasteiger partial charge >= 0.3 is 0 Å². The van der Waals surface area contributed by atoms with Crippen LogP contribution in [0.15, 0.2) is 24.3 Å². The summed E-state index contributed by atoms with van der Waals surface area (Å²) in [6.45, 7) is 0.271. The molecular weight excluding hydrogens is 368 g/mol. The number of ketones is 1. The molecule has 0 aliphatic carbocycles. The Morgan fingerprint density at radius 3 is 1.86 bits per heavy atom. The van der Waals surface area contributed by atoms with Crippen molar-refractivity contribution >= 4 is 5.78 Å². The molecular formula is C20H18O8. The van der Waals surface area contributed by atoms with Crippen molar-refractivity contribution in [3.8, 4) is 34.5 Å². The van der Waals surface area contributed by atoms with Gasteiger partial charge < -0.3 is 33.2 Å². The highest BCUT2D eigenvalue weighted by atomic mass is 16.7. The van der Waals surface area contributed by atoms with Crippen molar-refractivity contribution in [3.63, 3.8) is 0 Å². The van der Waals surface area contributed by atoms with Crippen LogP contribution in [0.5, 0.6) is 34.5 Å². The average molecular weight is 386 g/mol. The van der Waals surface area contributed by atoms with Crippen LogP contribution in [0.4, 0.5) is 0 Å². The van der Waals surface area contributed by atoms with Gasteiger partial charge in [-0.05, 0) is 12.1 Å². The van der Waals surface area contributed by atoms with Crippen LogP contribution in [0.25, 0.3) is 0 Å². The summed E-state index contributed by atoms with van der Waals surface area (Å²) in [5.74, 6) is 2.82. The van der Waals surface area contributed by atoms with Crippen LogP contribution < -0.4 is 28.4 Å². The van der Waals surface area contributed by atoms with E-state index in [1.165, 1.54) is 0 Å². The molecule has 1 fully saturated rings. The Balaban J connectivity index is 1.62. The van der Waals surface area contributed by atoms with E-state index < -0.39 is 12.0 Å². The molecule has 5 rings (SSSR count). The molecule has 0 aromatic heterocycles. The third kappa shape index (κ3) is 2.52. The summed E-state index contributed by atoms with van der Waals surface area (Å²) in [5.41, 5.74) is 1.39. The second-order valence-electron chi connectivity index (χ2n) is 6.57. The summed E-state index contributed by atoms with van der Waals surface area (Å²) in [4.78, 5) is 12.8. The molecule has 0 bridgehead atoms. The third-order valence-corrected chi connectivity index (χ3v) is 5.15. The Bertz CT molecular complexity index is 954. The third-order valence-electron chi connectivity index (χ3n) is 5.15. The quantitative estimate of drug-likeness (QED) is 0.793. The first-order valence-corrected chi connectivity index (χ1v) is 8.79. The van der Waals surface area contributed by atoms with Gasteiger partial charge in [0.15, 0.2) is 28.8 Å². The van der Waals surface area contributed by atoms with Gasteiger partial charge in [-0.1, -0.05) is 0 Å². The standard InChI is InChI=1S/C20H18O8/c1-22-13-5-17-15(25-8-27-17)3-10(13)19-12(21)7-24-20(19)11-4-16-18(28-9-26-16)6-14(11)23-2/h3-6,19-20H,7-9H2,1-2H3/t19-,20+/m0/s1. The van der Waals surface area contributed by atoms with Gasteiger partial charge in [0.05, 0.1) is 20.1 Å². The fraction of sp³-hybridized carbons (Fsp3) is 0.350. The molecule has 0 unspecified atom stereocenters. The first kappa shape index (κ1) is 17.0.